The van der Waals surface area contributed by atoms with Gasteiger partial charge in [-0.3, -0.25) is 4.79 Å². The number of nitriles is 1. The van der Waals surface area contributed by atoms with Crippen molar-refractivity contribution in [2.24, 2.45) is 5.92 Å². The number of rotatable bonds is 5. The maximum Gasteiger partial charge on any atom is 0.309 e. The Labute approximate surface area is 157 Å². The predicted octanol–water partition coefficient (Wildman–Crippen LogP) is 2.00. The largest absolute Gasteiger partial charge is 0.457 e. The highest BCUT2D eigenvalue weighted by molar-refractivity contribution is 7.89. The monoisotopic (exact) mass is 389 g/mol. The maximum absolute atomic E-state index is 12.7. The standard InChI is InChI=1S/C18H19N3O5S/c1-13-10-16(26-20-13)12-25-18(22)15-6-8-21(9-7-15)27(23,24)17-4-2-14(11-19)3-5-17/h2-5,10,15H,6-9,12H2,1H3. The van der Waals surface area contributed by atoms with E-state index in [9.17, 15) is 13.2 Å². The summed E-state index contributed by atoms with van der Waals surface area (Å²) in [7, 11) is -3.64. The summed E-state index contributed by atoms with van der Waals surface area (Å²) >= 11 is 0. The molecule has 1 aromatic heterocycles. The fourth-order valence-corrected chi connectivity index (χ4v) is 4.40. The molecule has 2 aromatic rings. The van der Waals surface area contributed by atoms with Gasteiger partial charge in [-0.15, -0.1) is 0 Å². The molecule has 1 aliphatic rings. The number of esters is 1. The summed E-state index contributed by atoms with van der Waals surface area (Å²) < 4.78 is 37.0. The van der Waals surface area contributed by atoms with Crippen molar-refractivity contribution in [1.82, 2.24) is 9.46 Å². The van der Waals surface area contributed by atoms with Crippen LogP contribution in [0, 0.1) is 24.2 Å². The van der Waals surface area contributed by atoms with Crippen LogP contribution in [0.1, 0.15) is 29.9 Å². The molecule has 0 saturated carbocycles. The van der Waals surface area contributed by atoms with Gasteiger partial charge in [0.05, 0.1) is 28.1 Å². The zero-order chi connectivity index (χ0) is 19.4. The molecule has 0 spiro atoms. The van der Waals surface area contributed by atoms with Crippen LogP contribution in [-0.2, 0) is 26.2 Å². The van der Waals surface area contributed by atoms with Gasteiger partial charge >= 0.3 is 5.97 Å². The third kappa shape index (κ3) is 4.35. The molecule has 1 aromatic carbocycles. The molecule has 3 rings (SSSR count). The number of benzene rings is 1. The Kier molecular flexibility index (Phi) is 5.58. The average molecular weight is 389 g/mol. The van der Waals surface area contributed by atoms with E-state index in [1.807, 2.05) is 6.07 Å². The van der Waals surface area contributed by atoms with Gasteiger partial charge < -0.3 is 9.26 Å². The molecule has 0 radical (unpaired) electrons. The van der Waals surface area contributed by atoms with Gasteiger partial charge in [0.2, 0.25) is 10.0 Å². The zero-order valence-electron chi connectivity index (χ0n) is 14.8. The second-order valence-electron chi connectivity index (χ2n) is 6.36. The van der Waals surface area contributed by atoms with Crippen LogP contribution in [0.2, 0.25) is 0 Å². The number of aryl methyl sites for hydroxylation is 1. The molecule has 2 heterocycles. The third-order valence-corrected chi connectivity index (χ3v) is 6.35. The van der Waals surface area contributed by atoms with Gasteiger partial charge in [-0.1, -0.05) is 5.16 Å². The first-order valence-corrected chi connectivity index (χ1v) is 9.93. The topological polar surface area (TPSA) is 114 Å². The minimum Gasteiger partial charge on any atom is -0.457 e. The number of hydrogen-bond acceptors (Lipinski definition) is 7. The van der Waals surface area contributed by atoms with E-state index in [0.29, 0.717) is 29.9 Å². The van der Waals surface area contributed by atoms with Crippen molar-refractivity contribution in [3.05, 3.63) is 47.3 Å². The summed E-state index contributed by atoms with van der Waals surface area (Å²) in [5.74, 6) is -0.234. The molecule has 1 saturated heterocycles. The number of sulfonamides is 1. The SMILES string of the molecule is Cc1cc(COC(=O)C2CCN(S(=O)(=O)c3ccc(C#N)cc3)CC2)on1. The summed E-state index contributed by atoms with van der Waals surface area (Å²) in [5.41, 5.74) is 1.11. The highest BCUT2D eigenvalue weighted by Gasteiger charge is 2.32. The van der Waals surface area contributed by atoms with Crippen LogP contribution < -0.4 is 0 Å². The molecule has 0 amide bonds. The van der Waals surface area contributed by atoms with Crippen LogP contribution in [0.4, 0.5) is 0 Å². The van der Waals surface area contributed by atoms with E-state index < -0.39 is 10.0 Å². The van der Waals surface area contributed by atoms with E-state index in [2.05, 4.69) is 5.16 Å². The lowest BCUT2D eigenvalue weighted by atomic mass is 9.98. The van der Waals surface area contributed by atoms with Crippen LogP contribution in [0.3, 0.4) is 0 Å². The van der Waals surface area contributed by atoms with Crippen molar-refractivity contribution in [3.63, 3.8) is 0 Å². The summed E-state index contributed by atoms with van der Waals surface area (Å²) in [6.45, 7) is 2.27. The molecular formula is C18H19N3O5S. The number of piperidine rings is 1. The maximum atomic E-state index is 12.7. The first kappa shape index (κ1) is 19.1. The molecule has 27 heavy (non-hydrogen) atoms. The summed E-state index contributed by atoms with van der Waals surface area (Å²) in [4.78, 5) is 12.3. The number of carbonyl (C=O) groups is 1. The van der Waals surface area contributed by atoms with Crippen LogP contribution in [0.5, 0.6) is 0 Å². The van der Waals surface area contributed by atoms with Crippen LogP contribution in [0.25, 0.3) is 0 Å². The Morgan fingerprint density at radius 1 is 1.33 bits per heavy atom. The van der Waals surface area contributed by atoms with Gasteiger partial charge in [-0.25, -0.2) is 8.42 Å². The smallest absolute Gasteiger partial charge is 0.309 e. The molecular weight excluding hydrogens is 370 g/mol. The third-order valence-electron chi connectivity index (χ3n) is 4.44. The second kappa shape index (κ2) is 7.90. The average Bonchev–Trinajstić information content (AvgIpc) is 3.11. The Morgan fingerprint density at radius 2 is 2.00 bits per heavy atom. The van der Waals surface area contributed by atoms with E-state index >= 15 is 0 Å². The number of hydrogen-bond donors (Lipinski definition) is 0. The molecule has 0 bridgehead atoms. The number of ether oxygens (including phenoxy) is 1. The van der Waals surface area contributed by atoms with E-state index in [4.69, 9.17) is 14.5 Å². The van der Waals surface area contributed by atoms with Crippen molar-refractivity contribution in [2.75, 3.05) is 13.1 Å². The molecule has 0 unspecified atom stereocenters. The van der Waals surface area contributed by atoms with Gasteiger partial charge in [0.1, 0.15) is 0 Å². The van der Waals surface area contributed by atoms with Gasteiger partial charge in [0.25, 0.3) is 0 Å². The van der Waals surface area contributed by atoms with Crippen molar-refractivity contribution in [1.29, 1.82) is 5.26 Å². The molecule has 1 aliphatic heterocycles. The Morgan fingerprint density at radius 3 is 2.56 bits per heavy atom. The normalized spacial score (nSPS) is 16.0. The molecule has 9 heteroatoms. The quantitative estimate of drug-likeness (QED) is 0.719. The van der Waals surface area contributed by atoms with Crippen molar-refractivity contribution < 1.29 is 22.5 Å². The van der Waals surface area contributed by atoms with Crippen molar-refractivity contribution in [2.45, 2.75) is 31.3 Å². The van der Waals surface area contributed by atoms with Crippen LogP contribution in [-0.4, -0.2) is 36.9 Å². The van der Waals surface area contributed by atoms with Gasteiger partial charge in [0, 0.05) is 19.2 Å². The molecule has 8 nitrogen and oxygen atoms in total. The summed E-state index contributed by atoms with van der Waals surface area (Å²) in [6.07, 6.45) is 0.785. The highest BCUT2D eigenvalue weighted by Crippen LogP contribution is 2.25. The zero-order valence-corrected chi connectivity index (χ0v) is 15.6. The van der Waals surface area contributed by atoms with E-state index in [0.717, 1.165) is 0 Å². The first-order valence-electron chi connectivity index (χ1n) is 8.49. The van der Waals surface area contributed by atoms with Gasteiger partial charge in [-0.05, 0) is 44.0 Å². The molecule has 0 aliphatic carbocycles. The molecule has 1 fully saturated rings. The lowest BCUT2D eigenvalue weighted by molar-refractivity contribution is -0.151. The van der Waals surface area contributed by atoms with Crippen molar-refractivity contribution in [3.8, 4) is 6.07 Å². The Hall–Kier alpha value is -2.70. The highest BCUT2D eigenvalue weighted by atomic mass is 32.2. The summed E-state index contributed by atoms with van der Waals surface area (Å²) in [6, 6.07) is 9.45. The lowest BCUT2D eigenvalue weighted by Crippen LogP contribution is -2.40. The number of nitrogens with zero attached hydrogens (tertiary/aromatic N) is 3. The second-order valence-corrected chi connectivity index (χ2v) is 8.29. The predicted molar refractivity (Wildman–Crippen MR) is 93.7 cm³/mol. The van der Waals surface area contributed by atoms with E-state index in [-0.39, 0.29) is 36.5 Å². The van der Waals surface area contributed by atoms with E-state index in [1.165, 1.54) is 28.6 Å². The van der Waals surface area contributed by atoms with Crippen LogP contribution >= 0.6 is 0 Å². The Bertz CT molecular complexity index is 952. The lowest BCUT2D eigenvalue weighted by Gasteiger charge is -2.30. The first-order chi connectivity index (χ1) is 12.9. The fourth-order valence-electron chi connectivity index (χ4n) is 2.93. The van der Waals surface area contributed by atoms with Crippen LogP contribution in [0.15, 0.2) is 39.8 Å². The molecule has 0 N–H and O–H groups in total. The summed E-state index contributed by atoms with van der Waals surface area (Å²) in [5, 5.41) is 12.5. The number of carbonyl (C=O) groups excluding carboxylic acids is 1. The number of aromatic nitrogens is 1. The van der Waals surface area contributed by atoms with E-state index in [1.54, 1.807) is 13.0 Å². The minimum absolute atomic E-state index is 0.0173. The van der Waals surface area contributed by atoms with Gasteiger partial charge in [0.15, 0.2) is 12.4 Å². The molecule has 142 valence electrons. The fraction of sp³-hybridized carbons (Fsp3) is 0.389. The van der Waals surface area contributed by atoms with Crippen molar-refractivity contribution >= 4 is 16.0 Å². The minimum atomic E-state index is -3.64. The van der Waals surface area contributed by atoms with Gasteiger partial charge in [-0.2, -0.15) is 9.57 Å². The Balaban J connectivity index is 1.55. The molecule has 0 atom stereocenters.